The van der Waals surface area contributed by atoms with Gasteiger partial charge in [0.05, 0.1) is 12.1 Å². The molecule has 0 aliphatic carbocycles. The van der Waals surface area contributed by atoms with Crippen LogP contribution in [0.2, 0.25) is 0 Å². The second-order valence-electron chi connectivity index (χ2n) is 3.78. The van der Waals surface area contributed by atoms with E-state index in [0.717, 1.165) is 25.9 Å². The number of carbonyl (C=O) groups excluding carboxylic acids is 1. The number of hydrogen-bond acceptors (Lipinski definition) is 3. The van der Waals surface area contributed by atoms with Crippen molar-refractivity contribution in [1.29, 1.82) is 0 Å². The molecule has 4 heteroatoms. The maximum atomic E-state index is 11.7. The smallest absolute Gasteiger partial charge is 0.240 e. The van der Waals surface area contributed by atoms with Gasteiger partial charge in [-0.05, 0) is 12.8 Å². The van der Waals surface area contributed by atoms with Crippen molar-refractivity contribution in [1.82, 2.24) is 4.90 Å². The van der Waals surface area contributed by atoms with Crippen LogP contribution in [0.5, 0.6) is 0 Å². The highest BCUT2D eigenvalue weighted by atomic mass is 16.5. The van der Waals surface area contributed by atoms with Gasteiger partial charge in [0.25, 0.3) is 0 Å². The fourth-order valence-corrected chi connectivity index (χ4v) is 1.76. The lowest BCUT2D eigenvalue weighted by atomic mass is 10.1. The van der Waals surface area contributed by atoms with Crippen LogP contribution in [0.1, 0.15) is 19.3 Å². The molecule has 0 aromatic heterocycles. The predicted octanol–water partition coefficient (Wildman–Crippen LogP) is -0.0256. The molecule has 4 nitrogen and oxygen atoms in total. The maximum absolute atomic E-state index is 11.7. The van der Waals surface area contributed by atoms with Gasteiger partial charge in [-0.25, -0.2) is 0 Å². The molecule has 1 aliphatic rings. The predicted molar refractivity (Wildman–Crippen MR) is 58.0 cm³/mol. The van der Waals surface area contributed by atoms with Crippen LogP contribution >= 0.6 is 0 Å². The Morgan fingerprint density at radius 3 is 2.73 bits per heavy atom. The van der Waals surface area contributed by atoms with Gasteiger partial charge in [0.2, 0.25) is 5.91 Å². The monoisotopic (exact) mass is 210 g/mol. The third kappa shape index (κ3) is 3.22. The maximum Gasteiger partial charge on any atom is 0.240 e. The Labute approximate surface area is 90.8 Å². The van der Waals surface area contributed by atoms with Gasteiger partial charge in [-0.3, -0.25) is 4.79 Å². The first-order valence-electron chi connectivity index (χ1n) is 5.19. The summed E-state index contributed by atoms with van der Waals surface area (Å²) in [6.45, 7) is 1.44. The lowest BCUT2D eigenvalue weighted by molar-refractivity contribution is -0.134. The molecule has 1 amide bonds. The number of rotatable bonds is 3. The summed E-state index contributed by atoms with van der Waals surface area (Å²) in [5, 5.41) is 0. The minimum atomic E-state index is -0.547. The number of hydrogen-bond donors (Lipinski definition) is 1. The molecule has 1 aliphatic heterocycles. The summed E-state index contributed by atoms with van der Waals surface area (Å²) in [7, 11) is 1.70. The van der Waals surface area contributed by atoms with Crippen molar-refractivity contribution in [3.63, 3.8) is 0 Å². The highest BCUT2D eigenvalue weighted by Crippen LogP contribution is 2.13. The van der Waals surface area contributed by atoms with Crippen LogP contribution in [0.25, 0.3) is 0 Å². The molecule has 1 fully saturated rings. The molecular weight excluding hydrogens is 192 g/mol. The largest absolute Gasteiger partial charge is 0.381 e. The summed E-state index contributed by atoms with van der Waals surface area (Å²) in [4.78, 5) is 13.5. The van der Waals surface area contributed by atoms with Crippen molar-refractivity contribution in [2.24, 2.45) is 5.73 Å². The number of amides is 1. The van der Waals surface area contributed by atoms with Gasteiger partial charge in [-0.1, -0.05) is 0 Å². The van der Waals surface area contributed by atoms with Crippen LogP contribution in [0.3, 0.4) is 0 Å². The average molecular weight is 210 g/mol. The summed E-state index contributed by atoms with van der Waals surface area (Å²) < 4.78 is 5.23. The number of terminal acetylenes is 1. The number of piperidine rings is 1. The number of ether oxygens (including phenoxy) is 1. The van der Waals surface area contributed by atoms with E-state index in [0.29, 0.717) is 6.42 Å². The van der Waals surface area contributed by atoms with Crippen molar-refractivity contribution >= 4 is 5.91 Å². The first kappa shape index (κ1) is 12.0. The van der Waals surface area contributed by atoms with Crippen LogP contribution < -0.4 is 5.73 Å². The van der Waals surface area contributed by atoms with E-state index in [1.807, 2.05) is 0 Å². The average Bonchev–Trinajstić information content (AvgIpc) is 2.28. The molecule has 1 atom stereocenters. The molecule has 0 aromatic rings. The van der Waals surface area contributed by atoms with E-state index in [9.17, 15) is 4.79 Å². The molecule has 0 aromatic carbocycles. The van der Waals surface area contributed by atoms with Gasteiger partial charge in [-0.15, -0.1) is 12.3 Å². The molecule has 1 saturated heterocycles. The van der Waals surface area contributed by atoms with Crippen molar-refractivity contribution in [3.8, 4) is 12.3 Å². The van der Waals surface area contributed by atoms with Gasteiger partial charge in [-0.2, -0.15) is 0 Å². The van der Waals surface area contributed by atoms with Gasteiger partial charge >= 0.3 is 0 Å². The van der Waals surface area contributed by atoms with Gasteiger partial charge < -0.3 is 15.4 Å². The fourth-order valence-electron chi connectivity index (χ4n) is 1.76. The Morgan fingerprint density at radius 1 is 1.67 bits per heavy atom. The molecule has 2 N–H and O–H groups in total. The van der Waals surface area contributed by atoms with E-state index in [4.69, 9.17) is 16.9 Å². The van der Waals surface area contributed by atoms with Gasteiger partial charge in [0.1, 0.15) is 0 Å². The molecule has 1 rings (SSSR count). The summed E-state index contributed by atoms with van der Waals surface area (Å²) >= 11 is 0. The number of nitrogens with two attached hydrogens (primary N) is 1. The highest BCUT2D eigenvalue weighted by Gasteiger charge is 2.25. The summed E-state index contributed by atoms with van der Waals surface area (Å²) in [5.41, 5.74) is 5.66. The Hall–Kier alpha value is -1.05. The van der Waals surface area contributed by atoms with E-state index in [-0.39, 0.29) is 12.0 Å². The number of carbonyl (C=O) groups is 1. The van der Waals surface area contributed by atoms with Gasteiger partial charge in [0, 0.05) is 26.6 Å². The number of likely N-dealkylation sites (tertiary alicyclic amines) is 1. The number of methoxy groups -OCH3 is 1. The molecule has 0 radical (unpaired) electrons. The van der Waals surface area contributed by atoms with Crippen molar-refractivity contribution in [2.45, 2.75) is 31.4 Å². The lowest BCUT2D eigenvalue weighted by Crippen LogP contribution is -2.48. The minimum Gasteiger partial charge on any atom is -0.381 e. The molecule has 0 bridgehead atoms. The molecule has 0 saturated carbocycles. The van der Waals surface area contributed by atoms with E-state index in [1.54, 1.807) is 12.0 Å². The third-order valence-corrected chi connectivity index (χ3v) is 2.74. The quantitative estimate of drug-likeness (QED) is 0.666. The topological polar surface area (TPSA) is 55.6 Å². The van der Waals surface area contributed by atoms with E-state index < -0.39 is 6.04 Å². The highest BCUT2D eigenvalue weighted by molar-refractivity contribution is 5.82. The normalized spacial score (nSPS) is 19.7. The molecule has 1 heterocycles. The molecular formula is C11H18N2O2. The fraction of sp³-hybridized carbons (Fsp3) is 0.727. The SMILES string of the molecule is C#CCC(N)C(=O)N1CCC(OC)CC1. The molecule has 15 heavy (non-hydrogen) atoms. The number of nitrogens with zero attached hydrogens (tertiary/aromatic N) is 1. The summed E-state index contributed by atoms with van der Waals surface area (Å²) in [6, 6.07) is -0.547. The van der Waals surface area contributed by atoms with E-state index in [1.165, 1.54) is 0 Å². The summed E-state index contributed by atoms with van der Waals surface area (Å²) in [5.74, 6) is 2.37. The Bertz CT molecular complexity index is 252. The van der Waals surface area contributed by atoms with Crippen LogP contribution in [-0.2, 0) is 9.53 Å². The first-order valence-corrected chi connectivity index (χ1v) is 5.19. The van der Waals surface area contributed by atoms with Crippen molar-refractivity contribution < 1.29 is 9.53 Å². The van der Waals surface area contributed by atoms with E-state index in [2.05, 4.69) is 5.92 Å². The zero-order chi connectivity index (χ0) is 11.3. The van der Waals surface area contributed by atoms with Crippen LogP contribution in [-0.4, -0.2) is 43.2 Å². The van der Waals surface area contributed by atoms with Crippen LogP contribution in [0, 0.1) is 12.3 Å². The molecule has 0 spiro atoms. The third-order valence-electron chi connectivity index (χ3n) is 2.74. The minimum absolute atomic E-state index is 0.0393. The van der Waals surface area contributed by atoms with Crippen LogP contribution in [0.15, 0.2) is 0 Å². The zero-order valence-corrected chi connectivity index (χ0v) is 9.11. The first-order chi connectivity index (χ1) is 7.19. The molecule has 84 valence electrons. The Balaban J connectivity index is 2.40. The second kappa shape index (κ2) is 5.74. The van der Waals surface area contributed by atoms with E-state index >= 15 is 0 Å². The lowest BCUT2D eigenvalue weighted by Gasteiger charge is -2.32. The second-order valence-corrected chi connectivity index (χ2v) is 3.78. The van der Waals surface area contributed by atoms with Crippen molar-refractivity contribution in [2.75, 3.05) is 20.2 Å². The summed E-state index contributed by atoms with van der Waals surface area (Å²) in [6.07, 6.45) is 7.46. The zero-order valence-electron chi connectivity index (χ0n) is 9.11. The molecule has 1 unspecified atom stereocenters. The Morgan fingerprint density at radius 2 is 2.27 bits per heavy atom. The van der Waals surface area contributed by atoms with Gasteiger partial charge in [0.15, 0.2) is 0 Å². The standard InChI is InChI=1S/C11H18N2O2/c1-3-4-10(12)11(14)13-7-5-9(15-2)6-8-13/h1,9-10H,4-8,12H2,2H3. The van der Waals surface area contributed by atoms with Crippen LogP contribution in [0.4, 0.5) is 0 Å². The van der Waals surface area contributed by atoms with Crippen molar-refractivity contribution in [3.05, 3.63) is 0 Å². The Kier molecular flexibility index (Phi) is 4.60.